The van der Waals surface area contributed by atoms with E-state index in [4.69, 9.17) is 17.2 Å². The lowest BCUT2D eigenvalue weighted by Crippen LogP contribution is -2.58. The first-order valence-corrected chi connectivity index (χ1v) is 12.6. The molecule has 220 valence electrons. The number of carboxylic acids is 1. The molecule has 14 heteroatoms. The second-order valence-electron chi connectivity index (χ2n) is 9.36. The monoisotopic (exact) mass is 570 g/mol. The van der Waals surface area contributed by atoms with Gasteiger partial charge in [0.25, 0.3) is 0 Å². The number of rotatable bonds is 16. The van der Waals surface area contributed by atoms with E-state index in [0.29, 0.717) is 11.1 Å². The number of benzene rings is 2. The van der Waals surface area contributed by atoms with Crippen molar-refractivity contribution in [3.63, 3.8) is 0 Å². The van der Waals surface area contributed by atoms with E-state index in [0.717, 1.165) is 0 Å². The second kappa shape index (κ2) is 15.6. The van der Waals surface area contributed by atoms with E-state index in [9.17, 15) is 39.0 Å². The number of carbonyl (C=O) groups is 6. The maximum atomic E-state index is 13.5. The first-order chi connectivity index (χ1) is 19.3. The molecule has 0 saturated heterocycles. The standard InChI is InChI=1S/C27H34N6O8/c28-18(14-23(30)36)24(37)32-20(12-15-4-2-1-3-5-15)26(39)33-21(13-16-6-8-17(34)9-7-16)25(38)31-19(27(40)41)10-11-22(29)35/h1-9,18-21,34H,10-14,28H2,(H2,29,35)(H2,30,36)(H,31,38)(H,32,37)(H,33,39)(H,40,41). The molecule has 0 heterocycles. The summed E-state index contributed by atoms with van der Waals surface area (Å²) in [6.45, 7) is 0. The zero-order valence-corrected chi connectivity index (χ0v) is 22.1. The molecule has 0 aliphatic heterocycles. The molecule has 0 fully saturated rings. The van der Waals surface area contributed by atoms with Crippen molar-refractivity contribution in [2.75, 3.05) is 0 Å². The number of phenolic OH excluding ortho intramolecular Hbond substituents is 1. The number of nitrogens with two attached hydrogens (primary N) is 3. The van der Waals surface area contributed by atoms with Crippen LogP contribution >= 0.6 is 0 Å². The zero-order chi connectivity index (χ0) is 30.5. The molecule has 41 heavy (non-hydrogen) atoms. The fourth-order valence-electron chi connectivity index (χ4n) is 3.81. The number of hydrogen-bond donors (Lipinski definition) is 8. The van der Waals surface area contributed by atoms with Crippen LogP contribution in [0.2, 0.25) is 0 Å². The fraction of sp³-hybridized carbons (Fsp3) is 0.333. The van der Waals surface area contributed by atoms with Crippen LogP contribution < -0.4 is 33.2 Å². The SMILES string of the molecule is NC(=O)CCC(NC(=O)C(Cc1ccc(O)cc1)NC(=O)C(Cc1ccccc1)NC(=O)C(N)CC(N)=O)C(=O)O. The minimum atomic E-state index is -1.47. The maximum absolute atomic E-state index is 13.5. The number of primary amides is 2. The van der Waals surface area contributed by atoms with Gasteiger partial charge in [-0.1, -0.05) is 42.5 Å². The third kappa shape index (κ3) is 11.3. The molecule has 0 radical (unpaired) electrons. The quantitative estimate of drug-likeness (QED) is 0.113. The third-order valence-corrected chi connectivity index (χ3v) is 5.98. The highest BCUT2D eigenvalue weighted by molar-refractivity contribution is 5.95. The summed E-state index contributed by atoms with van der Waals surface area (Å²) in [5, 5.41) is 26.4. The van der Waals surface area contributed by atoms with Crippen LogP contribution in [0.4, 0.5) is 0 Å². The van der Waals surface area contributed by atoms with Crippen molar-refractivity contribution in [1.82, 2.24) is 16.0 Å². The normalized spacial score (nSPS) is 13.6. The molecule has 4 unspecified atom stereocenters. The van der Waals surface area contributed by atoms with Crippen molar-refractivity contribution in [1.29, 1.82) is 0 Å². The van der Waals surface area contributed by atoms with E-state index < -0.39 is 66.1 Å². The first kappa shape index (κ1) is 32.2. The Morgan fingerprint density at radius 1 is 0.683 bits per heavy atom. The van der Waals surface area contributed by atoms with Crippen molar-refractivity contribution in [3.8, 4) is 5.75 Å². The summed E-state index contributed by atoms with van der Waals surface area (Å²) in [7, 11) is 0. The van der Waals surface area contributed by atoms with Gasteiger partial charge in [0.2, 0.25) is 29.5 Å². The molecule has 2 aromatic carbocycles. The summed E-state index contributed by atoms with van der Waals surface area (Å²) < 4.78 is 0. The average Bonchev–Trinajstić information content (AvgIpc) is 2.91. The Balaban J connectivity index is 2.32. The molecule has 11 N–H and O–H groups in total. The molecule has 2 aromatic rings. The maximum Gasteiger partial charge on any atom is 0.326 e. The fourth-order valence-corrected chi connectivity index (χ4v) is 3.81. The third-order valence-electron chi connectivity index (χ3n) is 5.98. The molecule has 0 aromatic heterocycles. The van der Waals surface area contributed by atoms with Gasteiger partial charge in [-0.15, -0.1) is 0 Å². The molecule has 0 spiro atoms. The zero-order valence-electron chi connectivity index (χ0n) is 22.1. The molecule has 14 nitrogen and oxygen atoms in total. The van der Waals surface area contributed by atoms with Crippen molar-refractivity contribution < 1.29 is 39.0 Å². The molecule has 5 amide bonds. The largest absolute Gasteiger partial charge is 0.508 e. The van der Waals surface area contributed by atoms with E-state index in [1.54, 1.807) is 30.3 Å². The number of aromatic hydroxyl groups is 1. The van der Waals surface area contributed by atoms with Gasteiger partial charge in [-0.05, 0) is 29.7 Å². The van der Waals surface area contributed by atoms with Crippen LogP contribution in [0, 0.1) is 0 Å². The highest BCUT2D eigenvalue weighted by atomic mass is 16.4. The Labute approximate surface area is 235 Å². The van der Waals surface area contributed by atoms with Crippen LogP contribution in [0.1, 0.15) is 30.4 Å². The van der Waals surface area contributed by atoms with Gasteiger partial charge in [-0.2, -0.15) is 0 Å². The van der Waals surface area contributed by atoms with Crippen molar-refractivity contribution in [2.24, 2.45) is 17.2 Å². The van der Waals surface area contributed by atoms with Gasteiger partial charge in [-0.3, -0.25) is 24.0 Å². The minimum Gasteiger partial charge on any atom is -0.508 e. The molecule has 0 bridgehead atoms. The van der Waals surface area contributed by atoms with Crippen molar-refractivity contribution >= 4 is 35.5 Å². The Morgan fingerprint density at radius 2 is 1.17 bits per heavy atom. The van der Waals surface area contributed by atoms with Gasteiger partial charge in [0.15, 0.2) is 0 Å². The summed E-state index contributed by atoms with van der Waals surface area (Å²) in [6, 6.07) is 9.03. The number of hydrogen-bond acceptors (Lipinski definition) is 8. The highest BCUT2D eigenvalue weighted by Crippen LogP contribution is 2.13. The summed E-state index contributed by atoms with van der Waals surface area (Å²) in [6.07, 6.45) is -1.16. The molecule has 4 atom stereocenters. The summed E-state index contributed by atoms with van der Waals surface area (Å²) in [5.74, 6) is -5.51. The lowest BCUT2D eigenvalue weighted by molar-refractivity contribution is -0.142. The Kier molecular flexibility index (Phi) is 12.2. The van der Waals surface area contributed by atoms with Gasteiger partial charge < -0.3 is 43.4 Å². The van der Waals surface area contributed by atoms with Crippen LogP contribution in [-0.4, -0.2) is 69.9 Å². The minimum absolute atomic E-state index is 0.00832. The molecular weight excluding hydrogens is 536 g/mol. The number of nitrogens with one attached hydrogen (secondary N) is 3. The Hall–Kier alpha value is -4.98. The number of carboxylic acid groups (broad SMARTS) is 1. The Morgan fingerprint density at radius 3 is 1.66 bits per heavy atom. The van der Waals surface area contributed by atoms with Crippen molar-refractivity contribution in [2.45, 2.75) is 56.3 Å². The molecule has 0 aliphatic rings. The van der Waals surface area contributed by atoms with E-state index in [1.165, 1.54) is 24.3 Å². The predicted molar refractivity (Wildman–Crippen MR) is 146 cm³/mol. The van der Waals surface area contributed by atoms with E-state index in [-0.39, 0.29) is 31.4 Å². The van der Waals surface area contributed by atoms with Gasteiger partial charge in [0.05, 0.1) is 12.5 Å². The summed E-state index contributed by atoms with van der Waals surface area (Å²) in [5.41, 5.74) is 17.1. The lowest BCUT2D eigenvalue weighted by Gasteiger charge is -2.25. The first-order valence-electron chi connectivity index (χ1n) is 12.6. The second-order valence-corrected chi connectivity index (χ2v) is 9.36. The molecule has 0 aliphatic carbocycles. The van der Waals surface area contributed by atoms with E-state index in [2.05, 4.69) is 16.0 Å². The van der Waals surface area contributed by atoms with Crippen LogP contribution in [0.15, 0.2) is 54.6 Å². The molecule has 2 rings (SSSR count). The molecular formula is C27H34N6O8. The number of carbonyl (C=O) groups excluding carboxylic acids is 5. The van der Waals surface area contributed by atoms with Gasteiger partial charge >= 0.3 is 5.97 Å². The number of amides is 5. The predicted octanol–water partition coefficient (Wildman–Crippen LogP) is -1.82. The van der Waals surface area contributed by atoms with Gasteiger partial charge in [0.1, 0.15) is 23.9 Å². The van der Waals surface area contributed by atoms with Crippen LogP contribution in [0.5, 0.6) is 5.75 Å². The van der Waals surface area contributed by atoms with Crippen LogP contribution in [0.25, 0.3) is 0 Å². The Bertz CT molecular complexity index is 1240. The van der Waals surface area contributed by atoms with E-state index >= 15 is 0 Å². The van der Waals surface area contributed by atoms with Gasteiger partial charge in [0, 0.05) is 19.3 Å². The topological polar surface area (TPSA) is 257 Å². The lowest BCUT2D eigenvalue weighted by atomic mass is 10.0. The molecule has 0 saturated carbocycles. The van der Waals surface area contributed by atoms with Gasteiger partial charge in [-0.25, -0.2) is 4.79 Å². The number of aliphatic carboxylic acids is 1. The smallest absolute Gasteiger partial charge is 0.326 e. The number of phenols is 1. The summed E-state index contributed by atoms with van der Waals surface area (Å²) >= 11 is 0. The summed E-state index contributed by atoms with van der Waals surface area (Å²) in [4.78, 5) is 73.4. The van der Waals surface area contributed by atoms with Crippen LogP contribution in [0.3, 0.4) is 0 Å². The average molecular weight is 571 g/mol. The van der Waals surface area contributed by atoms with E-state index in [1.807, 2.05) is 0 Å². The van der Waals surface area contributed by atoms with Crippen molar-refractivity contribution in [3.05, 3.63) is 65.7 Å². The highest BCUT2D eigenvalue weighted by Gasteiger charge is 2.31. The van der Waals surface area contributed by atoms with Crippen LogP contribution in [-0.2, 0) is 41.6 Å².